The monoisotopic (exact) mass is 537 g/mol. The second kappa shape index (κ2) is 9.59. The van der Waals surface area contributed by atoms with Crippen molar-refractivity contribution in [3.63, 3.8) is 0 Å². The fraction of sp³-hybridized carbons (Fsp3) is 0.182. The summed E-state index contributed by atoms with van der Waals surface area (Å²) in [7, 11) is -8.02. The van der Waals surface area contributed by atoms with Crippen LogP contribution < -0.4 is 10.0 Å². The van der Waals surface area contributed by atoms with Gasteiger partial charge in [0.2, 0.25) is 15.9 Å². The van der Waals surface area contributed by atoms with E-state index in [2.05, 4.69) is 0 Å². The Balaban J connectivity index is 1.64. The standard InChI is InChI=1S/C22H20FN3O6S3/c23-16-5-7-17(8-6-16)26-20(27)14-19(22(26)28)25(35(31,32)21-2-1-13-33-21)12-11-15-3-9-18(10-4-15)34(24,29)30/h1-10,13,19H,11-12,14H2,(H2,24,29,30). The Morgan fingerprint density at radius 1 is 1.00 bits per heavy atom. The number of hydrogen-bond donors (Lipinski definition) is 1. The van der Waals surface area contributed by atoms with E-state index < -0.39 is 43.7 Å². The van der Waals surface area contributed by atoms with E-state index >= 15 is 0 Å². The van der Waals surface area contributed by atoms with Crippen molar-refractivity contribution in [2.45, 2.75) is 28.0 Å². The fourth-order valence-electron chi connectivity index (χ4n) is 3.76. The van der Waals surface area contributed by atoms with Gasteiger partial charge in [-0.25, -0.2) is 31.3 Å². The summed E-state index contributed by atoms with van der Waals surface area (Å²) in [6, 6.07) is 12.1. The van der Waals surface area contributed by atoms with Crippen LogP contribution >= 0.6 is 11.3 Å². The van der Waals surface area contributed by atoms with E-state index in [0.29, 0.717) is 5.56 Å². The number of benzene rings is 2. The minimum absolute atomic E-state index is 0.0163. The second-order valence-electron chi connectivity index (χ2n) is 7.75. The molecule has 0 spiro atoms. The normalized spacial score (nSPS) is 16.9. The van der Waals surface area contributed by atoms with Crippen molar-refractivity contribution < 1.29 is 30.8 Å². The van der Waals surface area contributed by atoms with Gasteiger partial charge in [-0.15, -0.1) is 11.3 Å². The maximum atomic E-state index is 13.4. The molecule has 2 heterocycles. The summed E-state index contributed by atoms with van der Waals surface area (Å²) in [5, 5.41) is 6.70. The zero-order valence-electron chi connectivity index (χ0n) is 18.1. The Morgan fingerprint density at radius 3 is 2.23 bits per heavy atom. The summed E-state index contributed by atoms with van der Waals surface area (Å²) < 4.78 is 64.2. The van der Waals surface area contributed by atoms with Gasteiger partial charge in [0.1, 0.15) is 16.1 Å². The molecule has 1 unspecified atom stereocenters. The molecule has 184 valence electrons. The molecule has 1 aliphatic heterocycles. The molecule has 9 nitrogen and oxygen atoms in total. The number of primary sulfonamides is 1. The highest BCUT2D eigenvalue weighted by Gasteiger charge is 2.47. The number of carbonyl (C=O) groups excluding carboxylic acids is 2. The fourth-order valence-corrected chi connectivity index (χ4v) is 6.97. The molecule has 2 aromatic carbocycles. The van der Waals surface area contributed by atoms with Gasteiger partial charge >= 0.3 is 0 Å². The predicted molar refractivity (Wildman–Crippen MR) is 127 cm³/mol. The van der Waals surface area contributed by atoms with Crippen LogP contribution in [-0.2, 0) is 36.1 Å². The van der Waals surface area contributed by atoms with E-state index in [1.807, 2.05) is 0 Å². The Morgan fingerprint density at radius 2 is 1.66 bits per heavy atom. The molecule has 1 atom stereocenters. The minimum atomic E-state index is -4.14. The summed E-state index contributed by atoms with van der Waals surface area (Å²) in [5.74, 6) is -1.87. The van der Waals surface area contributed by atoms with Gasteiger partial charge in [-0.3, -0.25) is 9.59 Å². The predicted octanol–water partition coefficient (Wildman–Crippen LogP) is 2.10. The Labute approximate surface area is 205 Å². The van der Waals surface area contributed by atoms with Gasteiger partial charge in [0.05, 0.1) is 17.0 Å². The highest BCUT2D eigenvalue weighted by Crippen LogP contribution is 2.31. The molecule has 1 aliphatic rings. The van der Waals surface area contributed by atoms with E-state index in [1.165, 1.54) is 42.5 Å². The molecule has 2 N–H and O–H groups in total. The number of nitrogens with zero attached hydrogens (tertiary/aromatic N) is 2. The molecule has 0 bridgehead atoms. The summed E-state index contributed by atoms with van der Waals surface area (Å²) >= 11 is 0.982. The lowest BCUT2D eigenvalue weighted by Crippen LogP contribution is -2.46. The number of hydrogen-bond acceptors (Lipinski definition) is 7. The van der Waals surface area contributed by atoms with Crippen molar-refractivity contribution in [1.29, 1.82) is 0 Å². The summed E-state index contributed by atoms with van der Waals surface area (Å²) in [6.07, 6.45) is -0.227. The molecule has 3 aromatic rings. The van der Waals surface area contributed by atoms with Gasteiger partial charge in [0.15, 0.2) is 0 Å². The number of imide groups is 1. The largest absolute Gasteiger partial charge is 0.274 e. The first-order valence-electron chi connectivity index (χ1n) is 10.3. The molecule has 0 saturated carbocycles. The number of nitrogens with two attached hydrogens (primary N) is 1. The Kier molecular flexibility index (Phi) is 6.88. The molecule has 0 aliphatic carbocycles. The minimum Gasteiger partial charge on any atom is -0.274 e. The highest BCUT2D eigenvalue weighted by molar-refractivity contribution is 7.91. The molecular formula is C22H20FN3O6S3. The lowest BCUT2D eigenvalue weighted by atomic mass is 10.1. The van der Waals surface area contributed by atoms with Crippen molar-refractivity contribution in [2.75, 3.05) is 11.4 Å². The van der Waals surface area contributed by atoms with Gasteiger partial charge in [-0.05, 0) is 59.8 Å². The van der Waals surface area contributed by atoms with Crippen molar-refractivity contribution in [2.24, 2.45) is 5.14 Å². The van der Waals surface area contributed by atoms with Crippen LogP contribution in [0.3, 0.4) is 0 Å². The average molecular weight is 538 g/mol. The lowest BCUT2D eigenvalue weighted by Gasteiger charge is -2.26. The van der Waals surface area contributed by atoms with Gasteiger partial charge in [-0.2, -0.15) is 4.31 Å². The van der Waals surface area contributed by atoms with E-state index in [1.54, 1.807) is 11.4 Å². The van der Waals surface area contributed by atoms with Crippen LogP contribution in [0.2, 0.25) is 0 Å². The van der Waals surface area contributed by atoms with Gasteiger partial charge in [0, 0.05) is 6.54 Å². The third kappa shape index (κ3) is 5.18. The van der Waals surface area contributed by atoms with Gasteiger partial charge in [-0.1, -0.05) is 18.2 Å². The molecule has 0 radical (unpaired) electrons. The van der Waals surface area contributed by atoms with E-state index in [4.69, 9.17) is 5.14 Å². The number of carbonyl (C=O) groups is 2. The van der Waals surface area contributed by atoms with E-state index in [-0.39, 0.29) is 34.2 Å². The summed E-state index contributed by atoms with van der Waals surface area (Å²) in [6.45, 7) is -0.143. The second-order valence-corrected chi connectivity index (χ2v) is 12.4. The zero-order valence-corrected chi connectivity index (χ0v) is 20.5. The number of rotatable bonds is 8. The summed E-state index contributed by atoms with van der Waals surface area (Å²) in [5.41, 5.74) is 0.756. The van der Waals surface area contributed by atoms with Crippen LogP contribution in [0.4, 0.5) is 10.1 Å². The molecular weight excluding hydrogens is 517 g/mol. The SMILES string of the molecule is NS(=O)(=O)c1ccc(CCN(C2CC(=O)N(c3ccc(F)cc3)C2=O)S(=O)(=O)c2cccs2)cc1. The van der Waals surface area contributed by atoms with Crippen molar-refractivity contribution in [1.82, 2.24) is 4.31 Å². The van der Waals surface area contributed by atoms with Crippen molar-refractivity contribution in [3.8, 4) is 0 Å². The number of sulfonamides is 2. The Hall–Kier alpha value is -2.97. The Bertz CT molecular complexity index is 1460. The maximum Gasteiger partial charge on any atom is 0.253 e. The van der Waals surface area contributed by atoms with Gasteiger partial charge < -0.3 is 0 Å². The van der Waals surface area contributed by atoms with E-state index in [0.717, 1.165) is 32.7 Å². The smallest absolute Gasteiger partial charge is 0.253 e. The van der Waals surface area contributed by atoms with Crippen LogP contribution in [0, 0.1) is 5.82 Å². The summed E-state index contributed by atoms with van der Waals surface area (Å²) in [4.78, 5) is 26.8. The molecule has 2 amide bonds. The highest BCUT2D eigenvalue weighted by atomic mass is 32.2. The van der Waals surface area contributed by atoms with Crippen LogP contribution in [0.25, 0.3) is 0 Å². The molecule has 4 rings (SSSR count). The van der Waals surface area contributed by atoms with Crippen molar-refractivity contribution >= 4 is 48.9 Å². The third-order valence-electron chi connectivity index (χ3n) is 5.49. The lowest BCUT2D eigenvalue weighted by molar-refractivity contribution is -0.122. The number of anilines is 1. The van der Waals surface area contributed by atoms with Crippen LogP contribution in [0.1, 0.15) is 12.0 Å². The first-order valence-corrected chi connectivity index (χ1v) is 14.1. The van der Waals surface area contributed by atoms with Crippen LogP contribution in [0.5, 0.6) is 0 Å². The first kappa shape index (κ1) is 25.1. The molecule has 1 saturated heterocycles. The third-order valence-corrected chi connectivity index (χ3v) is 9.70. The van der Waals surface area contributed by atoms with Crippen molar-refractivity contribution in [3.05, 3.63) is 77.4 Å². The van der Waals surface area contributed by atoms with E-state index in [9.17, 15) is 30.8 Å². The zero-order chi connectivity index (χ0) is 25.4. The molecule has 13 heteroatoms. The first-order chi connectivity index (χ1) is 16.5. The molecule has 1 fully saturated rings. The number of thiophene rings is 1. The number of halogens is 1. The molecule has 35 heavy (non-hydrogen) atoms. The average Bonchev–Trinajstić information content (AvgIpc) is 3.44. The molecule has 1 aromatic heterocycles. The number of amides is 2. The maximum absolute atomic E-state index is 13.4. The van der Waals surface area contributed by atoms with Crippen LogP contribution in [-0.4, -0.2) is 45.5 Å². The van der Waals surface area contributed by atoms with Crippen LogP contribution in [0.15, 0.2) is 75.1 Å². The van der Waals surface area contributed by atoms with Gasteiger partial charge in [0.25, 0.3) is 15.9 Å². The quantitative estimate of drug-likeness (QED) is 0.437. The topological polar surface area (TPSA) is 135 Å².